The van der Waals surface area contributed by atoms with Crippen LogP contribution < -0.4 is 5.63 Å². The van der Waals surface area contributed by atoms with Crippen molar-refractivity contribution in [1.29, 1.82) is 0 Å². The fourth-order valence-corrected chi connectivity index (χ4v) is 8.66. The van der Waals surface area contributed by atoms with Crippen molar-refractivity contribution in [1.82, 2.24) is 0 Å². The quantitative estimate of drug-likeness (QED) is 0.610. The summed E-state index contributed by atoms with van der Waals surface area (Å²) >= 11 is 0. The molecule has 29 heavy (non-hydrogen) atoms. The molecule has 5 nitrogen and oxygen atoms in total. The second kappa shape index (κ2) is 5.82. The number of aliphatic hydroxyl groups excluding tert-OH is 1. The van der Waals surface area contributed by atoms with Gasteiger partial charge in [0.15, 0.2) is 0 Å². The molecule has 4 saturated carbocycles. The Morgan fingerprint density at radius 2 is 1.97 bits per heavy atom. The minimum Gasteiger partial charge on any atom is -0.431 e. The first-order valence-electron chi connectivity index (χ1n) is 11.4. The Kier molecular flexibility index (Phi) is 3.68. The van der Waals surface area contributed by atoms with Crippen molar-refractivity contribution in [3.05, 3.63) is 34.4 Å². The topological polar surface area (TPSA) is 80.0 Å². The molecular weight excluding hydrogens is 368 g/mol. The van der Waals surface area contributed by atoms with Crippen LogP contribution in [0.1, 0.15) is 69.8 Å². The lowest BCUT2D eigenvalue weighted by atomic mass is 9.44. The van der Waals surface area contributed by atoms with Gasteiger partial charge in [-0.15, -0.1) is 0 Å². The molecule has 0 aromatic carbocycles. The third kappa shape index (κ3) is 2.13. The van der Waals surface area contributed by atoms with Gasteiger partial charge in [0.2, 0.25) is 0 Å². The van der Waals surface area contributed by atoms with Gasteiger partial charge in [-0.25, -0.2) is 4.79 Å². The van der Waals surface area contributed by atoms with E-state index in [4.69, 9.17) is 9.15 Å². The molecule has 0 bridgehead atoms. The maximum Gasteiger partial charge on any atom is 0.335 e. The van der Waals surface area contributed by atoms with E-state index < -0.39 is 0 Å². The normalized spacial score (nSPS) is 52.6. The Hall–Kier alpha value is -1.46. The minimum atomic E-state index is -0.303. The Morgan fingerprint density at radius 3 is 2.72 bits per heavy atom. The molecule has 5 fully saturated rings. The highest BCUT2D eigenvalue weighted by molar-refractivity contribution is 5.62. The number of aldehydes is 1. The first-order chi connectivity index (χ1) is 13.9. The molecule has 6 rings (SSSR count). The average Bonchev–Trinajstić information content (AvgIpc) is 3.38. The summed E-state index contributed by atoms with van der Waals surface area (Å²) in [4.78, 5) is 24.0. The van der Waals surface area contributed by atoms with Crippen LogP contribution in [0.3, 0.4) is 0 Å². The van der Waals surface area contributed by atoms with E-state index in [1.807, 2.05) is 6.07 Å². The summed E-state index contributed by atoms with van der Waals surface area (Å²) in [6.07, 6.45) is 10.5. The van der Waals surface area contributed by atoms with Crippen molar-refractivity contribution >= 4 is 6.29 Å². The van der Waals surface area contributed by atoms with Crippen LogP contribution in [0, 0.1) is 28.6 Å². The first-order valence-corrected chi connectivity index (χ1v) is 11.4. The molecule has 0 amide bonds. The second-order valence-corrected chi connectivity index (χ2v) is 10.7. The molecule has 1 aromatic rings. The smallest absolute Gasteiger partial charge is 0.335 e. The summed E-state index contributed by atoms with van der Waals surface area (Å²) in [6, 6.07) is 3.46. The zero-order valence-electron chi connectivity index (χ0n) is 17.0. The van der Waals surface area contributed by atoms with Gasteiger partial charge >= 0.3 is 5.63 Å². The van der Waals surface area contributed by atoms with Gasteiger partial charge in [0.05, 0.1) is 18.5 Å². The second-order valence-electron chi connectivity index (χ2n) is 10.7. The van der Waals surface area contributed by atoms with Crippen molar-refractivity contribution < 1.29 is 19.1 Å². The van der Waals surface area contributed by atoms with Gasteiger partial charge in [0.1, 0.15) is 11.9 Å². The highest BCUT2D eigenvalue weighted by Gasteiger charge is 2.80. The van der Waals surface area contributed by atoms with Crippen molar-refractivity contribution in [2.75, 3.05) is 0 Å². The Morgan fingerprint density at radius 1 is 1.10 bits per heavy atom. The van der Waals surface area contributed by atoms with Crippen LogP contribution in [-0.2, 0) is 9.53 Å². The van der Waals surface area contributed by atoms with Gasteiger partial charge in [0, 0.05) is 16.9 Å². The van der Waals surface area contributed by atoms with Crippen molar-refractivity contribution in [3.63, 3.8) is 0 Å². The molecule has 0 unspecified atom stereocenters. The molecule has 1 spiro atoms. The first kappa shape index (κ1) is 18.3. The van der Waals surface area contributed by atoms with Crippen LogP contribution in [0.25, 0.3) is 0 Å². The van der Waals surface area contributed by atoms with Crippen molar-refractivity contribution in [2.45, 2.75) is 82.0 Å². The summed E-state index contributed by atoms with van der Waals surface area (Å²) in [5.41, 5.74) is 0.423. The van der Waals surface area contributed by atoms with Crippen molar-refractivity contribution in [3.8, 4) is 0 Å². The van der Waals surface area contributed by atoms with Crippen LogP contribution in [0.5, 0.6) is 0 Å². The van der Waals surface area contributed by atoms with E-state index in [1.165, 1.54) is 12.4 Å². The number of aliphatic hydroxyl groups is 1. The number of fused-ring (bicyclic) bond motifs is 3. The molecular formula is C24H30O5. The van der Waals surface area contributed by atoms with Crippen LogP contribution in [0.15, 0.2) is 27.6 Å². The van der Waals surface area contributed by atoms with E-state index in [0.29, 0.717) is 23.7 Å². The fourth-order valence-electron chi connectivity index (χ4n) is 8.66. The average molecular weight is 398 g/mol. The molecule has 4 aliphatic carbocycles. The highest BCUT2D eigenvalue weighted by Crippen LogP contribution is 2.77. The Balaban J connectivity index is 1.37. The molecule has 0 radical (unpaired) electrons. The molecule has 1 N–H and O–H groups in total. The SMILES string of the molecule is C[C@]12CC[C@H]3[C@@H](CC[C@@H]4C[C@@H](O)CC[C@@]43C=O)[C@]13O[C@H]3C[C@@H]2c1ccc(=O)oc1. The van der Waals surface area contributed by atoms with E-state index in [9.17, 15) is 14.7 Å². The van der Waals surface area contributed by atoms with Crippen LogP contribution in [0.2, 0.25) is 0 Å². The summed E-state index contributed by atoms with van der Waals surface area (Å²) < 4.78 is 11.7. The van der Waals surface area contributed by atoms with Crippen molar-refractivity contribution in [2.24, 2.45) is 28.6 Å². The number of hydrogen-bond acceptors (Lipinski definition) is 5. The zero-order valence-corrected chi connectivity index (χ0v) is 17.0. The maximum absolute atomic E-state index is 12.5. The summed E-state index contributed by atoms with van der Waals surface area (Å²) in [5.74, 6) is 1.45. The number of hydrogen-bond donors (Lipinski definition) is 1. The lowest BCUT2D eigenvalue weighted by Crippen LogP contribution is -2.59. The van der Waals surface area contributed by atoms with Gasteiger partial charge in [-0.1, -0.05) is 6.92 Å². The molecule has 1 aliphatic heterocycles. The molecule has 9 atom stereocenters. The largest absolute Gasteiger partial charge is 0.431 e. The van der Waals surface area contributed by atoms with E-state index in [0.717, 1.165) is 56.9 Å². The standard InChI is InChI=1S/C24H30O5/c1-22-8-7-17-18(4-3-15-10-16(26)6-9-23(15,17)13-25)24(22)20(29-24)11-19(22)14-2-5-21(27)28-12-14/h2,5,12-13,15-20,26H,3-4,6-11H2,1H3/t15-,16+,17+,18-,19-,20+,22-,23-,24-/m1/s1. The molecule has 156 valence electrons. The van der Waals surface area contributed by atoms with E-state index in [2.05, 4.69) is 6.92 Å². The monoisotopic (exact) mass is 398 g/mol. The van der Waals surface area contributed by atoms with Gasteiger partial charge < -0.3 is 19.1 Å². The van der Waals surface area contributed by atoms with E-state index in [-0.39, 0.29) is 34.3 Å². The lowest BCUT2D eigenvalue weighted by molar-refractivity contribution is -0.158. The molecule has 2 heterocycles. The van der Waals surface area contributed by atoms with E-state index >= 15 is 0 Å². The molecule has 1 saturated heterocycles. The summed E-state index contributed by atoms with van der Waals surface area (Å²) in [5, 5.41) is 10.2. The molecule has 5 heteroatoms. The number of carbonyl (C=O) groups is 1. The Bertz CT molecular complexity index is 888. The predicted molar refractivity (Wildman–Crippen MR) is 105 cm³/mol. The number of carbonyl (C=O) groups excluding carboxylic acids is 1. The summed E-state index contributed by atoms with van der Waals surface area (Å²) in [6.45, 7) is 2.37. The minimum absolute atomic E-state index is 0.0177. The van der Waals surface area contributed by atoms with E-state index in [1.54, 1.807) is 6.26 Å². The number of epoxide rings is 1. The number of rotatable bonds is 2. The molecule has 5 aliphatic rings. The van der Waals surface area contributed by atoms with Gasteiger partial charge in [-0.3, -0.25) is 0 Å². The Labute approximate surface area is 170 Å². The van der Waals surface area contributed by atoms with Gasteiger partial charge in [-0.05, 0) is 86.7 Å². The van der Waals surface area contributed by atoms with Crippen LogP contribution >= 0.6 is 0 Å². The van der Waals surface area contributed by atoms with Gasteiger partial charge in [-0.2, -0.15) is 0 Å². The van der Waals surface area contributed by atoms with Crippen LogP contribution in [0.4, 0.5) is 0 Å². The maximum atomic E-state index is 12.5. The molecule has 1 aromatic heterocycles. The third-order valence-electron chi connectivity index (χ3n) is 9.97. The third-order valence-corrected chi connectivity index (χ3v) is 9.97. The lowest BCUT2D eigenvalue weighted by Gasteiger charge is -2.60. The fraction of sp³-hybridized carbons (Fsp3) is 0.750. The number of ether oxygens (including phenoxy) is 1. The van der Waals surface area contributed by atoms with Crippen LogP contribution in [-0.4, -0.2) is 29.2 Å². The predicted octanol–water partition coefficient (Wildman–Crippen LogP) is 3.44. The zero-order chi connectivity index (χ0) is 20.0. The summed E-state index contributed by atoms with van der Waals surface area (Å²) in [7, 11) is 0. The van der Waals surface area contributed by atoms with Gasteiger partial charge in [0.25, 0.3) is 0 Å². The highest BCUT2D eigenvalue weighted by atomic mass is 16.6.